The summed E-state index contributed by atoms with van der Waals surface area (Å²) in [6, 6.07) is 13.1. The molecule has 0 spiro atoms. The molecule has 0 saturated carbocycles. The fraction of sp³-hybridized carbons (Fsp3) is 0. The quantitative estimate of drug-likeness (QED) is 0.175. The molecule has 228 valence electrons. The molecule has 49 heavy (non-hydrogen) atoms. The number of hydrogen-bond acceptors (Lipinski definition) is 1. The molecule has 0 aliphatic heterocycles. The van der Waals surface area contributed by atoms with Crippen LogP contribution < -0.4 is 0 Å². The first-order valence-corrected chi connectivity index (χ1v) is 15.5. The minimum Gasteiger partial charge on any atom is -0.455 e. The Morgan fingerprint density at radius 2 is 0.837 bits per heavy atom. The first-order chi connectivity index (χ1) is 31.4. The van der Waals surface area contributed by atoms with Crippen LogP contribution >= 0.6 is 0 Å². The van der Waals surface area contributed by atoms with Gasteiger partial charge >= 0.3 is 0 Å². The molecular formula is C48H30O. The maximum absolute atomic E-state index is 9.65. The van der Waals surface area contributed by atoms with E-state index in [4.69, 9.17) is 18.1 Å². The molecule has 0 atom stereocenters. The fourth-order valence-electron chi connectivity index (χ4n) is 6.45. The van der Waals surface area contributed by atoms with Crippen LogP contribution in [-0.2, 0) is 0 Å². The summed E-state index contributed by atoms with van der Waals surface area (Å²) < 4.78 is 159. The minimum absolute atomic E-state index is 0.0235. The van der Waals surface area contributed by atoms with E-state index in [1.54, 1.807) is 78.9 Å². The highest BCUT2D eigenvalue weighted by atomic mass is 16.3. The van der Waals surface area contributed by atoms with Gasteiger partial charge in [-0.2, -0.15) is 0 Å². The maximum Gasteiger partial charge on any atom is 0.143 e. The maximum atomic E-state index is 9.65. The summed E-state index contributed by atoms with van der Waals surface area (Å²) in [6.07, 6.45) is 0. The Bertz CT molecular complexity index is 3730. The van der Waals surface area contributed by atoms with E-state index < -0.39 is 108 Å². The van der Waals surface area contributed by atoms with Crippen molar-refractivity contribution in [3.05, 3.63) is 182 Å². The third-order valence-corrected chi connectivity index (χ3v) is 8.68. The van der Waals surface area contributed by atoms with Gasteiger partial charge in [0.05, 0.1) is 23.3 Å². The lowest BCUT2D eigenvalue weighted by Crippen LogP contribution is -1.91. The second-order valence-corrected chi connectivity index (χ2v) is 11.5. The lowest BCUT2D eigenvalue weighted by Gasteiger charge is -2.18. The van der Waals surface area contributed by atoms with E-state index in [2.05, 4.69) is 0 Å². The molecule has 1 nitrogen and oxygen atoms in total. The van der Waals surface area contributed by atoms with Crippen molar-refractivity contribution in [3.8, 4) is 44.5 Å². The predicted molar refractivity (Wildman–Crippen MR) is 208 cm³/mol. The number of rotatable bonds is 4. The highest BCUT2D eigenvalue weighted by molar-refractivity contribution is 6.22. The molecule has 1 heterocycles. The molecule has 0 radical (unpaired) electrons. The third kappa shape index (κ3) is 4.47. The van der Waals surface area contributed by atoms with Crippen molar-refractivity contribution in [2.45, 2.75) is 0 Å². The number of furan rings is 1. The van der Waals surface area contributed by atoms with Crippen LogP contribution in [-0.4, -0.2) is 0 Å². The van der Waals surface area contributed by atoms with E-state index in [0.29, 0.717) is 27.1 Å². The summed E-state index contributed by atoms with van der Waals surface area (Å²) in [7, 11) is 0. The highest BCUT2D eigenvalue weighted by Crippen LogP contribution is 2.45. The molecular weight excluding hydrogens is 593 g/mol. The van der Waals surface area contributed by atoms with Gasteiger partial charge in [-0.1, -0.05) is 163 Å². The van der Waals surface area contributed by atoms with Crippen molar-refractivity contribution in [2.24, 2.45) is 0 Å². The van der Waals surface area contributed by atoms with E-state index in [1.165, 1.54) is 0 Å². The zero-order valence-electron chi connectivity index (χ0n) is 42.4. The second kappa shape index (κ2) is 11.1. The van der Waals surface area contributed by atoms with Crippen molar-refractivity contribution in [1.82, 2.24) is 0 Å². The Labute approximate surface area is 308 Å². The molecule has 0 unspecified atom stereocenters. The number of hydrogen-bond donors (Lipinski definition) is 0. The molecule has 0 amide bonds. The SMILES string of the molecule is [2H]c1c([2H])c(-c2c([2H])c([2H])c(-c3c4ccccc4c(-c4c([2H])c([2H])c5c(oc6c7c([2H])c([2H])c([2H])c([2H])c7c([2H])c([2H])c65)c4[2H])c4ccccc34)c([2H])c2[2H])c([2H])c([2H])c1-c1ccccc1. The normalized spacial score (nSPS) is 16.5. The predicted octanol–water partition coefficient (Wildman–Crippen LogP) is 13.7. The van der Waals surface area contributed by atoms with Gasteiger partial charge in [0.2, 0.25) is 0 Å². The topological polar surface area (TPSA) is 13.1 Å². The van der Waals surface area contributed by atoms with E-state index in [-0.39, 0.29) is 66.1 Å². The summed E-state index contributed by atoms with van der Waals surface area (Å²) in [5, 5.41) is 0.753. The summed E-state index contributed by atoms with van der Waals surface area (Å²) >= 11 is 0. The van der Waals surface area contributed by atoms with Crippen molar-refractivity contribution in [2.75, 3.05) is 0 Å². The Kier molecular flexibility index (Phi) is 3.54. The van der Waals surface area contributed by atoms with Gasteiger partial charge in [0.15, 0.2) is 0 Å². The van der Waals surface area contributed by atoms with Crippen molar-refractivity contribution >= 4 is 54.3 Å². The number of fused-ring (bicyclic) bond motifs is 7. The summed E-state index contributed by atoms with van der Waals surface area (Å²) in [4.78, 5) is 0. The molecule has 0 bridgehead atoms. The molecule has 0 fully saturated rings. The second-order valence-electron chi connectivity index (χ2n) is 11.5. The van der Waals surface area contributed by atoms with E-state index in [1.807, 2.05) is 0 Å². The van der Waals surface area contributed by atoms with Gasteiger partial charge in [-0.3, -0.25) is 0 Å². The summed E-state index contributed by atoms with van der Waals surface area (Å²) in [5.41, 5.74) is -0.513. The zero-order valence-corrected chi connectivity index (χ0v) is 25.4. The average Bonchev–Trinajstić information content (AvgIpc) is 3.72. The van der Waals surface area contributed by atoms with Crippen molar-refractivity contribution in [3.63, 3.8) is 0 Å². The molecule has 1 heteroatoms. The van der Waals surface area contributed by atoms with Crippen LogP contribution in [0.25, 0.3) is 98.8 Å². The van der Waals surface area contributed by atoms with Crippen molar-refractivity contribution in [1.29, 1.82) is 0 Å². The lowest BCUT2D eigenvalue weighted by atomic mass is 9.85. The van der Waals surface area contributed by atoms with E-state index in [0.717, 1.165) is 0 Å². The van der Waals surface area contributed by atoms with Gasteiger partial charge in [0.25, 0.3) is 0 Å². The van der Waals surface area contributed by atoms with Gasteiger partial charge < -0.3 is 4.42 Å². The van der Waals surface area contributed by atoms with Gasteiger partial charge in [0.1, 0.15) is 11.2 Å². The fourth-order valence-corrected chi connectivity index (χ4v) is 6.45. The van der Waals surface area contributed by atoms with Crippen LogP contribution in [0.2, 0.25) is 0 Å². The van der Waals surface area contributed by atoms with Crippen LogP contribution in [0.1, 0.15) is 23.3 Å². The van der Waals surface area contributed by atoms with Crippen LogP contribution in [0.15, 0.2) is 186 Å². The molecule has 0 aliphatic carbocycles. The van der Waals surface area contributed by atoms with Crippen LogP contribution in [0.4, 0.5) is 0 Å². The van der Waals surface area contributed by atoms with Crippen molar-refractivity contribution < 1.29 is 27.7 Å². The Morgan fingerprint density at radius 1 is 0.347 bits per heavy atom. The van der Waals surface area contributed by atoms with Gasteiger partial charge in [0, 0.05) is 16.2 Å². The highest BCUT2D eigenvalue weighted by Gasteiger charge is 2.18. The molecule has 10 aromatic rings. The Morgan fingerprint density at radius 3 is 1.47 bits per heavy atom. The third-order valence-electron chi connectivity index (χ3n) is 8.68. The van der Waals surface area contributed by atoms with Crippen LogP contribution in [0.5, 0.6) is 0 Å². The van der Waals surface area contributed by atoms with Gasteiger partial charge in [-0.25, -0.2) is 0 Å². The Hall–Kier alpha value is -6.44. The standard InChI is InChI=1S/C48H30O/c1-2-10-31(11-3-1)32-18-20-33(21-19-32)34-22-24-36(25-23-34)46-40-14-6-8-16-42(40)47(43-17-9-7-15-41(43)46)37-27-28-39-44-29-26-35-12-4-5-13-38(35)48(44)49-45(39)30-37/h1-30H/i4D,5D,12D,13D,18D,19D,20D,21D,22D,23D,24D,25D,26D,27D,28D,29D,30D. The smallest absolute Gasteiger partial charge is 0.143 e. The van der Waals surface area contributed by atoms with E-state index >= 15 is 0 Å². The van der Waals surface area contributed by atoms with Gasteiger partial charge in [-0.15, -0.1) is 0 Å². The molecule has 0 N–H and O–H groups in total. The largest absolute Gasteiger partial charge is 0.455 e. The first-order valence-electron chi connectivity index (χ1n) is 24.0. The first kappa shape index (κ1) is 15.6. The van der Waals surface area contributed by atoms with E-state index in [9.17, 15) is 9.60 Å². The Balaban J connectivity index is 1.27. The summed E-state index contributed by atoms with van der Waals surface area (Å²) in [6.45, 7) is 0. The lowest BCUT2D eigenvalue weighted by molar-refractivity contribution is 0.673. The average molecular weight is 640 g/mol. The van der Waals surface area contributed by atoms with Crippen LogP contribution in [0, 0.1) is 0 Å². The monoisotopic (exact) mass is 639 g/mol. The molecule has 9 aromatic carbocycles. The molecule has 1 aromatic heterocycles. The molecule has 10 rings (SSSR count). The summed E-state index contributed by atoms with van der Waals surface area (Å²) in [5.74, 6) is 0. The molecule has 0 aliphatic rings. The number of benzene rings is 9. The molecule has 0 saturated heterocycles. The zero-order chi connectivity index (χ0) is 47.1. The van der Waals surface area contributed by atoms with Crippen LogP contribution in [0.3, 0.4) is 0 Å². The minimum atomic E-state index is -0.608. The van der Waals surface area contributed by atoms with Gasteiger partial charge in [-0.05, 0) is 89.6 Å².